The van der Waals surface area contributed by atoms with Crippen molar-refractivity contribution in [1.29, 1.82) is 0 Å². The van der Waals surface area contributed by atoms with Gasteiger partial charge in [-0.1, -0.05) is 27.7 Å². The van der Waals surface area contributed by atoms with Gasteiger partial charge >= 0.3 is 0 Å². The maximum absolute atomic E-state index is 5.40. The summed E-state index contributed by atoms with van der Waals surface area (Å²) in [4.78, 5) is 4.89. The summed E-state index contributed by atoms with van der Waals surface area (Å²) in [6.45, 7) is 11.8. The molecule has 0 atom stereocenters. The number of hydrogen-bond donors (Lipinski definition) is 1. The van der Waals surface area contributed by atoms with E-state index in [2.05, 4.69) is 52.1 Å². The van der Waals surface area contributed by atoms with E-state index < -0.39 is 0 Å². The maximum atomic E-state index is 5.40. The first kappa shape index (κ1) is 15.6. The van der Waals surface area contributed by atoms with E-state index in [1.54, 1.807) is 7.11 Å². The van der Waals surface area contributed by atoms with Crippen LogP contribution in [0.5, 0.6) is 5.75 Å². The van der Waals surface area contributed by atoms with Crippen molar-refractivity contribution in [1.82, 2.24) is 4.98 Å². The fourth-order valence-electron chi connectivity index (χ4n) is 2.38. The summed E-state index contributed by atoms with van der Waals surface area (Å²) in [6, 6.07) is 6.29. The highest BCUT2D eigenvalue weighted by molar-refractivity contribution is 5.94. The second-order valence-electron chi connectivity index (χ2n) is 6.57. The van der Waals surface area contributed by atoms with Crippen molar-refractivity contribution >= 4 is 16.6 Å². The standard InChI is InChI=1S/C18H26N2O/c1-7-8-19-15-11-16(18(3,4)5)20-17-12(2)9-13(21-6)10-14(15)17/h9-11H,7-8H2,1-6H3,(H,19,20). The third-order valence-electron chi connectivity index (χ3n) is 3.65. The molecule has 2 rings (SSSR count). The van der Waals surface area contributed by atoms with Crippen molar-refractivity contribution in [2.45, 2.75) is 46.5 Å². The van der Waals surface area contributed by atoms with Gasteiger partial charge in [-0.25, -0.2) is 0 Å². The van der Waals surface area contributed by atoms with Gasteiger partial charge in [0.2, 0.25) is 0 Å². The molecule has 0 amide bonds. The SMILES string of the molecule is CCCNc1cc(C(C)(C)C)nc2c(C)cc(OC)cc12. The molecule has 0 aliphatic rings. The van der Waals surface area contributed by atoms with E-state index in [1.165, 1.54) is 0 Å². The van der Waals surface area contributed by atoms with Gasteiger partial charge in [0.05, 0.1) is 12.6 Å². The summed E-state index contributed by atoms with van der Waals surface area (Å²) in [7, 11) is 1.71. The summed E-state index contributed by atoms with van der Waals surface area (Å²) >= 11 is 0. The second kappa shape index (κ2) is 5.92. The lowest BCUT2D eigenvalue weighted by Gasteiger charge is -2.21. The molecule has 21 heavy (non-hydrogen) atoms. The van der Waals surface area contributed by atoms with E-state index in [0.717, 1.165) is 46.6 Å². The fraction of sp³-hybridized carbons (Fsp3) is 0.500. The molecule has 0 unspecified atom stereocenters. The lowest BCUT2D eigenvalue weighted by atomic mass is 9.90. The summed E-state index contributed by atoms with van der Waals surface area (Å²) in [5.41, 5.74) is 4.50. The molecule has 0 fully saturated rings. The topological polar surface area (TPSA) is 34.2 Å². The smallest absolute Gasteiger partial charge is 0.119 e. The number of aryl methyl sites for hydroxylation is 1. The Labute approximate surface area is 127 Å². The second-order valence-corrected chi connectivity index (χ2v) is 6.57. The molecule has 114 valence electrons. The minimum Gasteiger partial charge on any atom is -0.497 e. The lowest BCUT2D eigenvalue weighted by molar-refractivity contribution is 0.415. The Kier molecular flexibility index (Phi) is 4.40. The van der Waals surface area contributed by atoms with Crippen LogP contribution in [0, 0.1) is 6.92 Å². The summed E-state index contributed by atoms with van der Waals surface area (Å²) in [6.07, 6.45) is 1.09. The average Bonchev–Trinajstić information content (AvgIpc) is 2.43. The molecule has 1 N–H and O–H groups in total. The highest BCUT2D eigenvalue weighted by Gasteiger charge is 2.19. The van der Waals surface area contributed by atoms with Gasteiger partial charge < -0.3 is 10.1 Å². The molecule has 0 aliphatic carbocycles. The zero-order chi connectivity index (χ0) is 15.6. The number of pyridine rings is 1. The number of rotatable bonds is 4. The number of ether oxygens (including phenoxy) is 1. The van der Waals surface area contributed by atoms with Crippen molar-refractivity contribution in [3.05, 3.63) is 29.5 Å². The van der Waals surface area contributed by atoms with Gasteiger partial charge in [-0.2, -0.15) is 0 Å². The number of anilines is 1. The zero-order valence-corrected chi connectivity index (χ0v) is 14.0. The normalized spacial score (nSPS) is 11.7. The van der Waals surface area contributed by atoms with Crippen molar-refractivity contribution in [2.24, 2.45) is 0 Å². The molecule has 0 aliphatic heterocycles. The van der Waals surface area contributed by atoms with Gasteiger partial charge in [0.15, 0.2) is 0 Å². The third kappa shape index (κ3) is 3.29. The highest BCUT2D eigenvalue weighted by Crippen LogP contribution is 2.33. The van der Waals surface area contributed by atoms with Crippen LogP contribution in [-0.4, -0.2) is 18.6 Å². The van der Waals surface area contributed by atoms with Gasteiger partial charge in [0.1, 0.15) is 5.75 Å². The fourth-order valence-corrected chi connectivity index (χ4v) is 2.38. The van der Waals surface area contributed by atoms with E-state index >= 15 is 0 Å². The third-order valence-corrected chi connectivity index (χ3v) is 3.65. The molecular formula is C18H26N2O. The van der Waals surface area contributed by atoms with Crippen LogP contribution < -0.4 is 10.1 Å². The molecule has 1 heterocycles. The zero-order valence-electron chi connectivity index (χ0n) is 14.0. The van der Waals surface area contributed by atoms with E-state index in [1.807, 2.05) is 6.07 Å². The minimum absolute atomic E-state index is 0.0310. The molecule has 0 bridgehead atoms. The molecule has 0 saturated heterocycles. The number of fused-ring (bicyclic) bond motifs is 1. The first-order valence-corrected chi connectivity index (χ1v) is 7.60. The van der Waals surface area contributed by atoms with Crippen LogP contribution in [0.4, 0.5) is 5.69 Å². The molecule has 1 aromatic carbocycles. The number of nitrogens with zero attached hydrogens (tertiary/aromatic N) is 1. The van der Waals surface area contributed by atoms with E-state index in [4.69, 9.17) is 9.72 Å². The van der Waals surface area contributed by atoms with Gasteiger partial charge in [-0.15, -0.1) is 0 Å². The number of methoxy groups -OCH3 is 1. The molecule has 0 saturated carbocycles. The maximum Gasteiger partial charge on any atom is 0.119 e. The van der Waals surface area contributed by atoms with Crippen molar-refractivity contribution in [2.75, 3.05) is 19.0 Å². The Morgan fingerprint density at radius 3 is 2.48 bits per heavy atom. The Morgan fingerprint density at radius 2 is 1.90 bits per heavy atom. The van der Waals surface area contributed by atoms with Crippen LogP contribution in [0.2, 0.25) is 0 Å². The van der Waals surface area contributed by atoms with Gasteiger partial charge in [0.25, 0.3) is 0 Å². The van der Waals surface area contributed by atoms with Gasteiger partial charge in [-0.05, 0) is 37.1 Å². The average molecular weight is 286 g/mol. The molecule has 3 heteroatoms. The minimum atomic E-state index is 0.0310. The van der Waals surface area contributed by atoms with Crippen LogP contribution in [0.1, 0.15) is 45.4 Å². The van der Waals surface area contributed by atoms with Crippen molar-refractivity contribution < 1.29 is 4.74 Å². The van der Waals surface area contributed by atoms with Crippen LogP contribution >= 0.6 is 0 Å². The number of benzene rings is 1. The predicted molar refractivity (Wildman–Crippen MR) is 90.5 cm³/mol. The Morgan fingerprint density at radius 1 is 1.19 bits per heavy atom. The Hall–Kier alpha value is -1.77. The van der Waals surface area contributed by atoms with Crippen molar-refractivity contribution in [3.63, 3.8) is 0 Å². The molecule has 2 aromatic rings. The number of hydrogen-bond acceptors (Lipinski definition) is 3. The molecule has 1 aromatic heterocycles. The largest absolute Gasteiger partial charge is 0.497 e. The quantitative estimate of drug-likeness (QED) is 0.886. The van der Waals surface area contributed by atoms with E-state index in [0.29, 0.717) is 0 Å². The Bertz CT molecular complexity index is 642. The van der Waals surface area contributed by atoms with E-state index in [9.17, 15) is 0 Å². The van der Waals surface area contributed by atoms with E-state index in [-0.39, 0.29) is 5.41 Å². The van der Waals surface area contributed by atoms with Crippen LogP contribution in [0.3, 0.4) is 0 Å². The first-order chi connectivity index (χ1) is 9.86. The highest BCUT2D eigenvalue weighted by atomic mass is 16.5. The molecular weight excluding hydrogens is 260 g/mol. The summed E-state index contributed by atoms with van der Waals surface area (Å²) < 4.78 is 5.40. The first-order valence-electron chi connectivity index (χ1n) is 7.60. The van der Waals surface area contributed by atoms with Crippen LogP contribution in [0.25, 0.3) is 10.9 Å². The van der Waals surface area contributed by atoms with Gasteiger partial charge in [0, 0.05) is 28.7 Å². The summed E-state index contributed by atoms with van der Waals surface area (Å²) in [5, 5.41) is 4.67. The lowest BCUT2D eigenvalue weighted by Crippen LogP contribution is -2.15. The van der Waals surface area contributed by atoms with Crippen LogP contribution in [-0.2, 0) is 5.41 Å². The van der Waals surface area contributed by atoms with Crippen molar-refractivity contribution in [3.8, 4) is 5.75 Å². The molecule has 0 spiro atoms. The summed E-state index contributed by atoms with van der Waals surface area (Å²) in [5.74, 6) is 0.879. The van der Waals surface area contributed by atoms with Gasteiger partial charge in [-0.3, -0.25) is 4.98 Å². The predicted octanol–water partition coefficient (Wildman–Crippen LogP) is 4.67. The monoisotopic (exact) mass is 286 g/mol. The van der Waals surface area contributed by atoms with Crippen LogP contribution in [0.15, 0.2) is 18.2 Å². The molecule has 0 radical (unpaired) electrons. The number of nitrogens with one attached hydrogen (secondary N) is 1. The number of aromatic nitrogens is 1. The molecule has 3 nitrogen and oxygen atoms in total. The Balaban J connectivity index is 2.71.